The molecule has 1 saturated carbocycles. The van der Waals surface area contributed by atoms with Gasteiger partial charge in [0.15, 0.2) is 5.84 Å². The Labute approximate surface area is 109 Å². The molecular formula is C13H25N3O2. The first-order valence-corrected chi connectivity index (χ1v) is 6.51. The number of nitrogens with one attached hydrogen (secondary N) is 1. The van der Waals surface area contributed by atoms with Gasteiger partial charge in [-0.15, -0.1) is 0 Å². The van der Waals surface area contributed by atoms with Crippen molar-refractivity contribution in [2.24, 2.45) is 21.7 Å². The van der Waals surface area contributed by atoms with Gasteiger partial charge in [0, 0.05) is 6.04 Å². The van der Waals surface area contributed by atoms with E-state index in [1.54, 1.807) is 13.8 Å². The van der Waals surface area contributed by atoms with Crippen molar-refractivity contribution < 1.29 is 10.0 Å². The largest absolute Gasteiger partial charge is 0.409 e. The lowest BCUT2D eigenvalue weighted by Gasteiger charge is -2.40. The number of carbonyl (C=O) groups excluding carboxylic acids is 1. The van der Waals surface area contributed by atoms with Gasteiger partial charge in [-0.3, -0.25) is 4.79 Å². The molecular weight excluding hydrogens is 230 g/mol. The first-order valence-electron chi connectivity index (χ1n) is 6.51. The van der Waals surface area contributed by atoms with Gasteiger partial charge in [-0.05, 0) is 32.1 Å². The fraction of sp³-hybridized carbons (Fsp3) is 0.846. The highest BCUT2D eigenvalue weighted by Gasteiger charge is 2.38. The van der Waals surface area contributed by atoms with Crippen molar-refractivity contribution in [1.82, 2.24) is 5.32 Å². The molecule has 0 aliphatic heterocycles. The van der Waals surface area contributed by atoms with Crippen LogP contribution in [0.5, 0.6) is 0 Å². The summed E-state index contributed by atoms with van der Waals surface area (Å²) in [6.07, 6.45) is 4.45. The van der Waals surface area contributed by atoms with Gasteiger partial charge in [-0.2, -0.15) is 0 Å². The molecule has 1 aliphatic carbocycles. The first kappa shape index (κ1) is 14.8. The molecule has 1 atom stereocenters. The van der Waals surface area contributed by atoms with E-state index in [-0.39, 0.29) is 23.2 Å². The SMILES string of the molecule is CC(C)(C(=O)NC1CCCCC1(C)C)C(N)=NO. The van der Waals surface area contributed by atoms with Crippen molar-refractivity contribution >= 4 is 11.7 Å². The summed E-state index contributed by atoms with van der Waals surface area (Å²) in [6, 6.07) is 0.157. The summed E-state index contributed by atoms with van der Waals surface area (Å²) in [7, 11) is 0. The van der Waals surface area contributed by atoms with E-state index in [2.05, 4.69) is 24.3 Å². The zero-order valence-corrected chi connectivity index (χ0v) is 11.8. The highest BCUT2D eigenvalue weighted by atomic mass is 16.4. The van der Waals surface area contributed by atoms with Crippen molar-refractivity contribution in [2.45, 2.75) is 59.4 Å². The molecule has 0 spiro atoms. The van der Waals surface area contributed by atoms with Gasteiger partial charge in [0.1, 0.15) is 5.41 Å². The summed E-state index contributed by atoms with van der Waals surface area (Å²) in [5.41, 5.74) is 4.69. The Hall–Kier alpha value is -1.26. The van der Waals surface area contributed by atoms with Crippen LogP contribution in [0.25, 0.3) is 0 Å². The third-order valence-corrected chi connectivity index (χ3v) is 4.13. The van der Waals surface area contributed by atoms with E-state index in [0.717, 1.165) is 19.3 Å². The van der Waals surface area contributed by atoms with Gasteiger partial charge in [-0.1, -0.05) is 31.8 Å². The molecule has 0 aromatic heterocycles. The fourth-order valence-corrected chi connectivity index (χ4v) is 2.34. The topological polar surface area (TPSA) is 87.7 Å². The molecule has 0 aromatic carbocycles. The maximum Gasteiger partial charge on any atom is 0.233 e. The molecule has 5 heteroatoms. The quantitative estimate of drug-likeness (QED) is 0.311. The standard InChI is InChI=1S/C13H25N3O2/c1-12(2)8-6-5-7-9(12)15-11(17)13(3,4)10(14)16-18/h9,18H,5-8H2,1-4H3,(H2,14,16)(H,15,17). The lowest BCUT2D eigenvalue weighted by atomic mass is 9.73. The molecule has 18 heavy (non-hydrogen) atoms. The number of nitrogens with two attached hydrogens (primary N) is 1. The molecule has 1 amide bonds. The molecule has 1 rings (SSSR count). The maximum atomic E-state index is 12.2. The molecule has 0 bridgehead atoms. The number of hydrogen-bond donors (Lipinski definition) is 3. The van der Waals surface area contributed by atoms with E-state index in [1.807, 2.05) is 0 Å². The predicted molar refractivity (Wildman–Crippen MR) is 71.4 cm³/mol. The Morgan fingerprint density at radius 2 is 2.06 bits per heavy atom. The van der Waals surface area contributed by atoms with Crippen LogP contribution in [0.3, 0.4) is 0 Å². The van der Waals surface area contributed by atoms with Crippen LogP contribution in [0.1, 0.15) is 53.4 Å². The summed E-state index contributed by atoms with van der Waals surface area (Å²) in [5.74, 6) is -0.244. The highest BCUT2D eigenvalue weighted by Crippen LogP contribution is 2.35. The Balaban J connectivity index is 2.75. The minimum absolute atomic E-state index is 0.0615. The Morgan fingerprint density at radius 1 is 1.44 bits per heavy atom. The van der Waals surface area contributed by atoms with Crippen molar-refractivity contribution in [3.05, 3.63) is 0 Å². The van der Waals surface area contributed by atoms with Crippen molar-refractivity contribution in [2.75, 3.05) is 0 Å². The van der Waals surface area contributed by atoms with Gasteiger partial charge in [0.25, 0.3) is 0 Å². The highest BCUT2D eigenvalue weighted by molar-refractivity contribution is 6.05. The number of carbonyl (C=O) groups is 1. The lowest BCUT2D eigenvalue weighted by Crippen LogP contribution is -2.53. The van der Waals surface area contributed by atoms with Gasteiger partial charge in [0.2, 0.25) is 5.91 Å². The van der Waals surface area contributed by atoms with Crippen molar-refractivity contribution in [3.63, 3.8) is 0 Å². The minimum atomic E-state index is -0.984. The first-order chi connectivity index (χ1) is 8.21. The normalized spacial score (nSPS) is 24.7. The molecule has 104 valence electrons. The van der Waals surface area contributed by atoms with E-state index < -0.39 is 5.41 Å². The molecule has 0 saturated heterocycles. The van der Waals surface area contributed by atoms with Crippen LogP contribution in [-0.4, -0.2) is 23.0 Å². The average molecular weight is 255 g/mol. The third-order valence-electron chi connectivity index (χ3n) is 4.13. The van der Waals surface area contributed by atoms with Crippen LogP contribution < -0.4 is 11.1 Å². The molecule has 0 heterocycles. The minimum Gasteiger partial charge on any atom is -0.409 e. The third kappa shape index (κ3) is 2.94. The van der Waals surface area contributed by atoms with Crippen LogP contribution in [0.4, 0.5) is 0 Å². The molecule has 1 aliphatic rings. The Kier molecular flexibility index (Phi) is 4.24. The number of rotatable bonds is 3. The van der Waals surface area contributed by atoms with Crippen LogP contribution in [0.15, 0.2) is 5.16 Å². The zero-order valence-electron chi connectivity index (χ0n) is 11.8. The number of hydrogen-bond acceptors (Lipinski definition) is 3. The number of oxime groups is 1. The molecule has 1 fully saturated rings. The van der Waals surface area contributed by atoms with Gasteiger partial charge >= 0.3 is 0 Å². The second-order valence-electron chi connectivity index (χ2n) is 6.37. The number of amides is 1. The summed E-state index contributed by atoms with van der Waals surface area (Å²) in [4.78, 5) is 12.2. The lowest BCUT2D eigenvalue weighted by molar-refractivity contribution is -0.128. The summed E-state index contributed by atoms with van der Waals surface area (Å²) < 4.78 is 0. The van der Waals surface area contributed by atoms with Crippen LogP contribution >= 0.6 is 0 Å². The van der Waals surface area contributed by atoms with E-state index in [4.69, 9.17) is 10.9 Å². The van der Waals surface area contributed by atoms with Gasteiger partial charge in [0.05, 0.1) is 0 Å². The summed E-state index contributed by atoms with van der Waals surface area (Å²) >= 11 is 0. The van der Waals surface area contributed by atoms with Crippen LogP contribution in [-0.2, 0) is 4.79 Å². The maximum absolute atomic E-state index is 12.2. The molecule has 5 nitrogen and oxygen atoms in total. The smallest absolute Gasteiger partial charge is 0.233 e. The van der Waals surface area contributed by atoms with E-state index in [9.17, 15) is 4.79 Å². The Bertz CT molecular complexity index is 348. The second-order valence-corrected chi connectivity index (χ2v) is 6.37. The molecule has 0 aromatic rings. The van der Waals surface area contributed by atoms with Crippen molar-refractivity contribution in [3.8, 4) is 0 Å². The van der Waals surface area contributed by atoms with E-state index in [0.29, 0.717) is 0 Å². The monoisotopic (exact) mass is 255 g/mol. The number of amidine groups is 1. The van der Waals surface area contributed by atoms with Crippen LogP contribution in [0.2, 0.25) is 0 Å². The fourth-order valence-electron chi connectivity index (χ4n) is 2.34. The van der Waals surface area contributed by atoms with Crippen LogP contribution in [0, 0.1) is 10.8 Å². The van der Waals surface area contributed by atoms with E-state index >= 15 is 0 Å². The summed E-state index contributed by atoms with van der Waals surface area (Å²) in [6.45, 7) is 7.67. The number of nitrogens with zero attached hydrogens (tertiary/aromatic N) is 1. The average Bonchev–Trinajstić information content (AvgIpc) is 2.30. The zero-order chi connectivity index (χ0) is 14.0. The van der Waals surface area contributed by atoms with Gasteiger partial charge < -0.3 is 16.3 Å². The second kappa shape index (κ2) is 5.16. The predicted octanol–water partition coefficient (Wildman–Crippen LogP) is 1.84. The molecule has 4 N–H and O–H groups in total. The van der Waals surface area contributed by atoms with E-state index in [1.165, 1.54) is 6.42 Å². The van der Waals surface area contributed by atoms with Gasteiger partial charge in [-0.25, -0.2) is 0 Å². The van der Waals surface area contributed by atoms with Crippen molar-refractivity contribution in [1.29, 1.82) is 0 Å². The Morgan fingerprint density at radius 3 is 2.56 bits per heavy atom. The summed E-state index contributed by atoms with van der Waals surface area (Å²) in [5, 5.41) is 14.7. The molecule has 1 unspecified atom stereocenters. The molecule has 0 radical (unpaired) electrons.